The Morgan fingerprint density at radius 3 is 2.53 bits per heavy atom. The van der Waals surface area contributed by atoms with E-state index in [1.807, 2.05) is 0 Å². The van der Waals surface area contributed by atoms with E-state index in [1.165, 1.54) is 6.07 Å². The third-order valence-corrected chi connectivity index (χ3v) is 3.86. The zero-order chi connectivity index (χ0) is 12.5. The zero-order valence-corrected chi connectivity index (χ0v) is 9.53. The van der Waals surface area contributed by atoms with E-state index in [1.54, 1.807) is 18.2 Å². The maximum atomic E-state index is 13.7. The molecule has 0 bridgehead atoms. The first-order chi connectivity index (χ1) is 8.12. The number of carboxylic acids is 1. The molecule has 0 aliphatic heterocycles. The van der Waals surface area contributed by atoms with Crippen LogP contribution in [0.4, 0.5) is 4.39 Å². The number of hydrogen-bond acceptors (Lipinski definition) is 2. The molecular weight excluding hydrogens is 221 g/mol. The second kappa shape index (κ2) is 4.45. The molecule has 2 rings (SSSR count). The minimum absolute atomic E-state index is 0.160. The molecule has 0 radical (unpaired) electrons. The first-order valence-corrected chi connectivity index (χ1v) is 5.80. The van der Waals surface area contributed by atoms with Gasteiger partial charge in [-0.05, 0) is 24.5 Å². The monoisotopic (exact) mass is 237 g/mol. The van der Waals surface area contributed by atoms with Crippen LogP contribution >= 0.6 is 0 Å². The van der Waals surface area contributed by atoms with Gasteiger partial charge in [0.05, 0.1) is 5.41 Å². The van der Waals surface area contributed by atoms with E-state index < -0.39 is 17.3 Å². The Kier molecular flexibility index (Phi) is 3.15. The molecule has 1 aromatic rings. The van der Waals surface area contributed by atoms with Crippen LogP contribution in [0.2, 0.25) is 0 Å². The zero-order valence-electron chi connectivity index (χ0n) is 9.53. The molecule has 0 heterocycles. The standard InChI is InChI=1S/C13H16FNO2/c14-11-5-2-1-4-9(11)10(8-15)13(12(16)17)6-3-7-13/h1-2,4-5,10H,3,6-8,15H2,(H,16,17)/t10-/m1/s1. The molecule has 4 heteroatoms. The Bertz CT molecular complexity index is 429. The summed E-state index contributed by atoms with van der Waals surface area (Å²) in [5, 5.41) is 9.36. The van der Waals surface area contributed by atoms with Gasteiger partial charge in [-0.25, -0.2) is 4.39 Å². The number of halogens is 1. The highest BCUT2D eigenvalue weighted by molar-refractivity contribution is 5.77. The molecular formula is C13H16FNO2. The van der Waals surface area contributed by atoms with E-state index in [0.717, 1.165) is 6.42 Å². The lowest BCUT2D eigenvalue weighted by Gasteiger charge is -2.44. The van der Waals surface area contributed by atoms with Gasteiger partial charge in [-0.1, -0.05) is 24.6 Å². The summed E-state index contributed by atoms with van der Waals surface area (Å²) in [6.07, 6.45) is 2.04. The average Bonchev–Trinajstić information content (AvgIpc) is 2.24. The van der Waals surface area contributed by atoms with E-state index in [0.29, 0.717) is 18.4 Å². The molecule has 1 saturated carbocycles. The minimum atomic E-state index is -0.864. The lowest BCUT2D eigenvalue weighted by molar-refractivity contribution is -0.156. The molecule has 3 nitrogen and oxygen atoms in total. The van der Waals surface area contributed by atoms with Crippen LogP contribution in [0.25, 0.3) is 0 Å². The fourth-order valence-corrected chi connectivity index (χ4v) is 2.68. The van der Waals surface area contributed by atoms with Crippen molar-refractivity contribution in [3.63, 3.8) is 0 Å². The van der Waals surface area contributed by atoms with E-state index in [-0.39, 0.29) is 12.4 Å². The Labute approximate surface area is 99.4 Å². The number of aliphatic carboxylic acids is 1. The van der Waals surface area contributed by atoms with Crippen molar-refractivity contribution in [3.8, 4) is 0 Å². The van der Waals surface area contributed by atoms with Crippen LogP contribution in [0, 0.1) is 11.2 Å². The Morgan fingerprint density at radius 1 is 1.47 bits per heavy atom. The van der Waals surface area contributed by atoms with Gasteiger partial charge in [-0.15, -0.1) is 0 Å². The van der Waals surface area contributed by atoms with Gasteiger partial charge in [0.1, 0.15) is 5.82 Å². The third-order valence-electron chi connectivity index (χ3n) is 3.86. The van der Waals surface area contributed by atoms with Gasteiger partial charge < -0.3 is 10.8 Å². The summed E-state index contributed by atoms with van der Waals surface area (Å²) < 4.78 is 13.7. The molecule has 1 aliphatic rings. The fraction of sp³-hybridized carbons (Fsp3) is 0.462. The summed E-state index contributed by atoms with van der Waals surface area (Å²) in [6, 6.07) is 6.30. The van der Waals surface area contributed by atoms with E-state index in [9.17, 15) is 14.3 Å². The Hall–Kier alpha value is -1.42. The van der Waals surface area contributed by atoms with Gasteiger partial charge >= 0.3 is 5.97 Å². The quantitative estimate of drug-likeness (QED) is 0.843. The van der Waals surface area contributed by atoms with Crippen molar-refractivity contribution in [3.05, 3.63) is 35.6 Å². The Balaban J connectivity index is 2.40. The average molecular weight is 237 g/mol. The van der Waals surface area contributed by atoms with Gasteiger partial charge in [0.15, 0.2) is 0 Å². The van der Waals surface area contributed by atoms with Gasteiger partial charge in [-0.2, -0.15) is 0 Å². The van der Waals surface area contributed by atoms with Crippen LogP contribution in [-0.2, 0) is 4.79 Å². The predicted molar refractivity (Wildman–Crippen MR) is 62.1 cm³/mol. The Morgan fingerprint density at radius 2 is 2.12 bits per heavy atom. The van der Waals surface area contributed by atoms with Crippen LogP contribution in [-0.4, -0.2) is 17.6 Å². The number of carbonyl (C=O) groups is 1. The van der Waals surface area contributed by atoms with Crippen molar-refractivity contribution < 1.29 is 14.3 Å². The number of benzene rings is 1. The maximum Gasteiger partial charge on any atom is 0.310 e. The number of nitrogens with two attached hydrogens (primary N) is 1. The third kappa shape index (κ3) is 1.82. The molecule has 92 valence electrons. The van der Waals surface area contributed by atoms with Gasteiger partial charge in [0, 0.05) is 12.5 Å². The summed E-state index contributed by atoms with van der Waals surface area (Å²) >= 11 is 0. The minimum Gasteiger partial charge on any atom is -0.481 e. The largest absolute Gasteiger partial charge is 0.481 e. The van der Waals surface area contributed by atoms with Crippen molar-refractivity contribution in [2.45, 2.75) is 25.2 Å². The summed E-state index contributed by atoms with van der Waals surface area (Å²) in [5.74, 6) is -1.66. The van der Waals surface area contributed by atoms with Crippen LogP contribution in [0.15, 0.2) is 24.3 Å². The van der Waals surface area contributed by atoms with Crippen LogP contribution in [0.5, 0.6) is 0 Å². The normalized spacial score (nSPS) is 19.4. The maximum absolute atomic E-state index is 13.7. The first-order valence-electron chi connectivity index (χ1n) is 5.80. The van der Waals surface area contributed by atoms with Crippen molar-refractivity contribution in [1.29, 1.82) is 0 Å². The molecule has 0 saturated heterocycles. The fourth-order valence-electron chi connectivity index (χ4n) is 2.68. The summed E-state index contributed by atoms with van der Waals surface area (Å²) in [5.41, 5.74) is 5.24. The number of hydrogen-bond donors (Lipinski definition) is 2. The van der Waals surface area contributed by atoms with Gasteiger partial charge in [-0.3, -0.25) is 4.79 Å². The molecule has 17 heavy (non-hydrogen) atoms. The first kappa shape index (κ1) is 12.0. The second-order valence-electron chi connectivity index (χ2n) is 4.62. The van der Waals surface area contributed by atoms with Crippen molar-refractivity contribution in [2.24, 2.45) is 11.1 Å². The highest BCUT2D eigenvalue weighted by atomic mass is 19.1. The summed E-state index contributed by atoms with van der Waals surface area (Å²) in [7, 11) is 0. The van der Waals surface area contributed by atoms with E-state index >= 15 is 0 Å². The van der Waals surface area contributed by atoms with Crippen molar-refractivity contribution in [1.82, 2.24) is 0 Å². The SMILES string of the molecule is NC[C@H](c1ccccc1F)C1(C(=O)O)CCC1. The molecule has 1 aromatic carbocycles. The highest BCUT2D eigenvalue weighted by Gasteiger charge is 2.51. The van der Waals surface area contributed by atoms with Crippen LogP contribution < -0.4 is 5.73 Å². The topological polar surface area (TPSA) is 63.3 Å². The van der Waals surface area contributed by atoms with Crippen LogP contribution in [0.1, 0.15) is 30.7 Å². The lowest BCUT2D eigenvalue weighted by Crippen LogP contribution is -2.46. The predicted octanol–water partition coefficient (Wildman–Crippen LogP) is 2.12. The summed E-state index contributed by atoms with van der Waals surface area (Å²) in [6.45, 7) is 0.160. The van der Waals surface area contributed by atoms with Gasteiger partial charge in [0.2, 0.25) is 0 Å². The number of carboxylic acid groups (broad SMARTS) is 1. The molecule has 3 N–H and O–H groups in total. The van der Waals surface area contributed by atoms with E-state index in [4.69, 9.17) is 5.73 Å². The number of rotatable bonds is 4. The lowest BCUT2D eigenvalue weighted by atomic mass is 9.59. The molecule has 0 aromatic heterocycles. The molecule has 0 amide bonds. The summed E-state index contributed by atoms with van der Waals surface area (Å²) in [4.78, 5) is 11.4. The van der Waals surface area contributed by atoms with Crippen LogP contribution in [0.3, 0.4) is 0 Å². The molecule has 1 atom stereocenters. The smallest absolute Gasteiger partial charge is 0.310 e. The molecule has 0 unspecified atom stereocenters. The molecule has 0 spiro atoms. The van der Waals surface area contributed by atoms with Crippen molar-refractivity contribution in [2.75, 3.05) is 6.54 Å². The van der Waals surface area contributed by atoms with Gasteiger partial charge in [0.25, 0.3) is 0 Å². The van der Waals surface area contributed by atoms with E-state index in [2.05, 4.69) is 0 Å². The second-order valence-corrected chi connectivity index (χ2v) is 4.62. The molecule has 1 fully saturated rings. The van der Waals surface area contributed by atoms with Crippen molar-refractivity contribution >= 4 is 5.97 Å². The molecule has 1 aliphatic carbocycles. The highest BCUT2D eigenvalue weighted by Crippen LogP contribution is 2.51.